The Kier molecular flexibility index (Phi) is 3.45. The molecule has 17 heavy (non-hydrogen) atoms. The highest BCUT2D eigenvalue weighted by Gasteiger charge is 2.43. The summed E-state index contributed by atoms with van der Waals surface area (Å²) in [5.41, 5.74) is 11.3. The van der Waals surface area contributed by atoms with Gasteiger partial charge in [0.05, 0.1) is 17.2 Å². The summed E-state index contributed by atoms with van der Waals surface area (Å²) in [6, 6.07) is 8.32. The van der Waals surface area contributed by atoms with Crippen LogP contribution in [0.4, 0.5) is 0 Å². The van der Waals surface area contributed by atoms with Crippen molar-refractivity contribution in [2.75, 3.05) is 7.05 Å². The van der Waals surface area contributed by atoms with Crippen LogP contribution in [0.15, 0.2) is 35.2 Å². The van der Waals surface area contributed by atoms with Crippen molar-refractivity contribution in [2.45, 2.75) is 22.5 Å². The van der Waals surface area contributed by atoms with E-state index in [0.29, 0.717) is 0 Å². The number of rotatable bonds is 3. The van der Waals surface area contributed by atoms with Crippen molar-refractivity contribution in [3.05, 3.63) is 30.3 Å². The fourth-order valence-electron chi connectivity index (χ4n) is 1.93. The Hall–Kier alpha value is -0.990. The van der Waals surface area contributed by atoms with Gasteiger partial charge < -0.3 is 11.1 Å². The topological polar surface area (TPSA) is 96.2 Å². The van der Waals surface area contributed by atoms with Gasteiger partial charge in [-0.15, -0.1) is 0 Å². The van der Waals surface area contributed by atoms with E-state index in [1.54, 1.807) is 37.4 Å². The molecule has 0 spiro atoms. The SMILES string of the molecule is CNC1NNC(N)C1S(=O)(=O)c1ccccc1. The van der Waals surface area contributed by atoms with Crippen LogP contribution in [0.2, 0.25) is 0 Å². The van der Waals surface area contributed by atoms with Gasteiger partial charge >= 0.3 is 0 Å². The molecular formula is C10H16N4O2S. The van der Waals surface area contributed by atoms with E-state index in [4.69, 9.17) is 5.73 Å². The first-order chi connectivity index (χ1) is 8.07. The smallest absolute Gasteiger partial charge is 0.187 e. The Morgan fingerprint density at radius 3 is 2.47 bits per heavy atom. The van der Waals surface area contributed by atoms with Crippen molar-refractivity contribution in [3.8, 4) is 0 Å². The van der Waals surface area contributed by atoms with Crippen molar-refractivity contribution in [2.24, 2.45) is 5.73 Å². The molecule has 1 aliphatic rings. The molecule has 2 rings (SSSR count). The molecule has 3 atom stereocenters. The first-order valence-corrected chi connectivity index (χ1v) is 6.85. The lowest BCUT2D eigenvalue weighted by atomic mass is 10.3. The zero-order valence-electron chi connectivity index (χ0n) is 9.42. The molecule has 6 nitrogen and oxygen atoms in total. The van der Waals surface area contributed by atoms with Crippen LogP contribution in [0.1, 0.15) is 0 Å². The first-order valence-electron chi connectivity index (χ1n) is 5.30. The summed E-state index contributed by atoms with van der Waals surface area (Å²) in [6.45, 7) is 0. The number of sulfone groups is 1. The van der Waals surface area contributed by atoms with Crippen molar-refractivity contribution in [1.82, 2.24) is 16.2 Å². The molecule has 0 saturated carbocycles. The van der Waals surface area contributed by atoms with Gasteiger partial charge in [0.15, 0.2) is 9.84 Å². The van der Waals surface area contributed by atoms with Gasteiger partial charge in [-0.1, -0.05) is 18.2 Å². The molecule has 0 bridgehead atoms. The standard InChI is InChI=1S/C10H16N4O2S/c1-12-10-8(9(11)13-14-10)17(15,16)7-5-3-2-4-6-7/h2-6,8-10,12-14H,11H2,1H3. The number of benzene rings is 1. The molecule has 94 valence electrons. The van der Waals surface area contributed by atoms with Gasteiger partial charge in [0.25, 0.3) is 0 Å². The quantitative estimate of drug-likeness (QED) is 0.541. The first kappa shape index (κ1) is 12.5. The lowest BCUT2D eigenvalue weighted by Crippen LogP contribution is -2.49. The summed E-state index contributed by atoms with van der Waals surface area (Å²) in [6.07, 6.45) is -1.05. The van der Waals surface area contributed by atoms with Gasteiger partial charge in [-0.3, -0.25) is 0 Å². The maximum atomic E-state index is 12.4. The number of nitrogens with one attached hydrogen (secondary N) is 3. The predicted octanol–water partition coefficient (Wildman–Crippen LogP) is -1.23. The molecule has 1 aromatic carbocycles. The Morgan fingerprint density at radius 2 is 1.88 bits per heavy atom. The second kappa shape index (κ2) is 4.71. The van der Waals surface area contributed by atoms with Gasteiger partial charge in [-0.25, -0.2) is 19.3 Å². The predicted molar refractivity (Wildman–Crippen MR) is 64.5 cm³/mol. The average Bonchev–Trinajstić information content (AvgIpc) is 2.72. The van der Waals surface area contributed by atoms with E-state index in [2.05, 4.69) is 16.2 Å². The number of hydrogen-bond donors (Lipinski definition) is 4. The minimum Gasteiger partial charge on any atom is -0.314 e. The molecule has 1 heterocycles. The molecule has 1 fully saturated rings. The van der Waals surface area contributed by atoms with E-state index in [0.717, 1.165) is 0 Å². The number of hydrazine groups is 1. The van der Waals surface area contributed by atoms with Crippen molar-refractivity contribution in [1.29, 1.82) is 0 Å². The van der Waals surface area contributed by atoms with Crippen molar-refractivity contribution >= 4 is 9.84 Å². The lowest BCUT2D eigenvalue weighted by molar-refractivity contribution is 0.487. The second-order valence-corrected chi connectivity index (χ2v) is 6.01. The Bertz CT molecular complexity index is 476. The molecule has 1 aromatic rings. The molecule has 0 aromatic heterocycles. The van der Waals surface area contributed by atoms with Crippen LogP contribution in [0.25, 0.3) is 0 Å². The minimum atomic E-state index is -3.46. The van der Waals surface area contributed by atoms with Crippen LogP contribution in [0.3, 0.4) is 0 Å². The average molecular weight is 256 g/mol. The molecule has 0 radical (unpaired) electrons. The van der Waals surface area contributed by atoms with Crippen LogP contribution in [0, 0.1) is 0 Å². The highest BCUT2D eigenvalue weighted by molar-refractivity contribution is 7.92. The van der Waals surface area contributed by atoms with Gasteiger partial charge in [-0.2, -0.15) is 0 Å². The molecule has 5 N–H and O–H groups in total. The van der Waals surface area contributed by atoms with E-state index in [1.165, 1.54) is 0 Å². The zero-order chi connectivity index (χ0) is 12.5. The Balaban J connectivity index is 2.38. The summed E-state index contributed by atoms with van der Waals surface area (Å²) in [7, 11) is -1.78. The third-order valence-electron chi connectivity index (χ3n) is 2.83. The maximum absolute atomic E-state index is 12.4. The van der Waals surface area contributed by atoms with Gasteiger partial charge in [0.1, 0.15) is 5.25 Å². The van der Waals surface area contributed by atoms with E-state index >= 15 is 0 Å². The molecule has 0 aliphatic carbocycles. The summed E-state index contributed by atoms with van der Waals surface area (Å²) < 4.78 is 24.8. The maximum Gasteiger partial charge on any atom is 0.187 e. The Labute approximate surface area is 100 Å². The minimum absolute atomic E-state index is 0.284. The van der Waals surface area contributed by atoms with Crippen LogP contribution in [-0.4, -0.2) is 33.0 Å². The van der Waals surface area contributed by atoms with Crippen LogP contribution in [0.5, 0.6) is 0 Å². The zero-order valence-corrected chi connectivity index (χ0v) is 10.2. The van der Waals surface area contributed by atoms with Gasteiger partial charge in [0, 0.05) is 0 Å². The monoisotopic (exact) mass is 256 g/mol. The Morgan fingerprint density at radius 1 is 1.24 bits per heavy atom. The molecular weight excluding hydrogens is 240 g/mol. The van der Waals surface area contributed by atoms with Crippen LogP contribution < -0.4 is 21.9 Å². The van der Waals surface area contributed by atoms with E-state index in [1.807, 2.05) is 0 Å². The second-order valence-electron chi connectivity index (χ2n) is 3.90. The number of hydrogen-bond acceptors (Lipinski definition) is 6. The van der Waals surface area contributed by atoms with E-state index in [-0.39, 0.29) is 4.90 Å². The van der Waals surface area contributed by atoms with Crippen molar-refractivity contribution < 1.29 is 8.42 Å². The molecule has 3 unspecified atom stereocenters. The lowest BCUT2D eigenvalue weighted by Gasteiger charge is -2.20. The fourth-order valence-corrected chi connectivity index (χ4v) is 3.80. The summed E-state index contributed by atoms with van der Waals surface area (Å²) in [4.78, 5) is 0.284. The molecule has 1 saturated heterocycles. The number of nitrogens with two attached hydrogens (primary N) is 1. The fraction of sp³-hybridized carbons (Fsp3) is 0.400. The van der Waals surface area contributed by atoms with Crippen LogP contribution >= 0.6 is 0 Å². The summed E-state index contributed by atoms with van der Waals surface area (Å²) in [5.74, 6) is 0. The molecule has 1 aliphatic heterocycles. The highest BCUT2D eigenvalue weighted by atomic mass is 32.2. The summed E-state index contributed by atoms with van der Waals surface area (Å²) in [5, 5.41) is 2.15. The third kappa shape index (κ3) is 2.20. The van der Waals surface area contributed by atoms with E-state index in [9.17, 15) is 8.42 Å². The largest absolute Gasteiger partial charge is 0.314 e. The third-order valence-corrected chi connectivity index (χ3v) is 5.04. The van der Waals surface area contributed by atoms with Crippen molar-refractivity contribution in [3.63, 3.8) is 0 Å². The normalized spacial score (nSPS) is 29.4. The van der Waals surface area contributed by atoms with E-state index < -0.39 is 27.4 Å². The highest BCUT2D eigenvalue weighted by Crippen LogP contribution is 2.20. The molecule has 7 heteroatoms. The van der Waals surface area contributed by atoms with Gasteiger partial charge in [0.2, 0.25) is 0 Å². The molecule has 0 amide bonds. The summed E-state index contributed by atoms with van der Waals surface area (Å²) >= 11 is 0. The van der Waals surface area contributed by atoms with Gasteiger partial charge in [-0.05, 0) is 19.2 Å². The van der Waals surface area contributed by atoms with Crippen LogP contribution in [-0.2, 0) is 9.84 Å².